The smallest absolute Gasteiger partial charge is 0.120 e. The van der Waals surface area contributed by atoms with Crippen LogP contribution in [0.15, 0.2) is 23.4 Å². The quantitative estimate of drug-likeness (QED) is 0.479. The van der Waals surface area contributed by atoms with Gasteiger partial charge in [-0.3, -0.25) is 0 Å². The fraction of sp³-hybridized carbons (Fsp3) is 0.625. The monoisotopic (exact) mass is 263 g/mol. The van der Waals surface area contributed by atoms with Crippen LogP contribution in [0.25, 0.3) is 0 Å². The first-order chi connectivity index (χ1) is 9.27. The van der Waals surface area contributed by atoms with Crippen LogP contribution < -0.4 is 0 Å². The maximum atomic E-state index is 10.3. The summed E-state index contributed by atoms with van der Waals surface area (Å²) in [4.78, 5) is 10.3. The van der Waals surface area contributed by atoms with Crippen molar-refractivity contribution in [2.45, 2.75) is 64.8 Å². The van der Waals surface area contributed by atoms with Crippen LogP contribution in [0.2, 0.25) is 0 Å². The van der Waals surface area contributed by atoms with E-state index >= 15 is 0 Å². The molecule has 0 fully saturated rings. The Morgan fingerprint density at radius 2 is 1.74 bits per heavy atom. The fourth-order valence-electron chi connectivity index (χ4n) is 2.28. The van der Waals surface area contributed by atoms with Crippen LogP contribution in [0.4, 0.5) is 0 Å². The SMILES string of the molecule is CCCCCCCCCc1ccc(O)c(CN=O)c1. The Hall–Kier alpha value is -1.38. The van der Waals surface area contributed by atoms with E-state index in [1.54, 1.807) is 6.07 Å². The molecule has 0 bridgehead atoms. The van der Waals surface area contributed by atoms with Crippen LogP contribution in [0.3, 0.4) is 0 Å². The molecule has 0 spiro atoms. The molecule has 1 aromatic carbocycles. The Morgan fingerprint density at radius 3 is 2.42 bits per heavy atom. The molecule has 106 valence electrons. The van der Waals surface area contributed by atoms with Crippen molar-refractivity contribution < 1.29 is 5.11 Å². The third-order valence-corrected chi connectivity index (χ3v) is 3.45. The van der Waals surface area contributed by atoms with Crippen LogP contribution in [0.5, 0.6) is 5.75 Å². The lowest BCUT2D eigenvalue weighted by Crippen LogP contribution is -1.90. The van der Waals surface area contributed by atoms with E-state index in [0.717, 1.165) is 6.42 Å². The predicted octanol–water partition coefficient (Wildman–Crippen LogP) is 4.95. The summed E-state index contributed by atoms with van der Waals surface area (Å²) in [5.74, 6) is 0.169. The normalized spacial score (nSPS) is 10.6. The maximum absolute atomic E-state index is 10.3. The van der Waals surface area contributed by atoms with Gasteiger partial charge in [0, 0.05) is 5.56 Å². The minimum Gasteiger partial charge on any atom is -0.508 e. The Labute approximate surface area is 116 Å². The largest absolute Gasteiger partial charge is 0.508 e. The van der Waals surface area contributed by atoms with Gasteiger partial charge >= 0.3 is 0 Å². The first-order valence-corrected chi connectivity index (χ1v) is 7.37. The summed E-state index contributed by atoms with van der Waals surface area (Å²) in [6, 6.07) is 5.49. The van der Waals surface area contributed by atoms with Gasteiger partial charge in [-0.2, -0.15) is 4.91 Å². The minimum atomic E-state index is 0.0523. The zero-order chi connectivity index (χ0) is 13.9. The van der Waals surface area contributed by atoms with Crippen molar-refractivity contribution >= 4 is 0 Å². The van der Waals surface area contributed by atoms with Gasteiger partial charge in [-0.15, -0.1) is 0 Å². The molecule has 0 aromatic heterocycles. The molecule has 1 aromatic rings. The van der Waals surface area contributed by atoms with Crippen LogP contribution in [-0.4, -0.2) is 5.11 Å². The Balaban J connectivity index is 2.25. The van der Waals surface area contributed by atoms with Gasteiger partial charge in [0.15, 0.2) is 0 Å². The highest BCUT2D eigenvalue weighted by molar-refractivity contribution is 5.36. The average molecular weight is 263 g/mol. The van der Waals surface area contributed by atoms with Crippen LogP contribution in [0.1, 0.15) is 63.0 Å². The molecule has 0 aliphatic rings. The van der Waals surface area contributed by atoms with Crippen molar-refractivity contribution in [3.05, 3.63) is 34.2 Å². The first-order valence-electron chi connectivity index (χ1n) is 7.37. The van der Waals surface area contributed by atoms with Crippen LogP contribution in [0, 0.1) is 4.91 Å². The second-order valence-electron chi connectivity index (χ2n) is 5.12. The predicted molar refractivity (Wildman–Crippen MR) is 79.3 cm³/mol. The standard InChI is InChI=1S/C16H25NO2/c1-2-3-4-5-6-7-8-9-14-10-11-16(18)15(12-14)13-17-19/h10-12,18H,2-9,13H2,1H3. The molecule has 0 aliphatic carbocycles. The summed E-state index contributed by atoms with van der Waals surface area (Å²) < 4.78 is 0. The van der Waals surface area contributed by atoms with E-state index in [1.807, 2.05) is 12.1 Å². The summed E-state index contributed by atoms with van der Waals surface area (Å²) in [5, 5.41) is 12.4. The molecule has 0 saturated carbocycles. The highest BCUT2D eigenvalue weighted by Gasteiger charge is 2.03. The van der Waals surface area contributed by atoms with Gasteiger partial charge in [0.1, 0.15) is 12.3 Å². The maximum Gasteiger partial charge on any atom is 0.120 e. The number of rotatable bonds is 10. The number of unbranched alkanes of at least 4 members (excludes halogenated alkanes) is 6. The molecule has 0 heterocycles. The lowest BCUT2D eigenvalue weighted by Gasteiger charge is -2.05. The summed E-state index contributed by atoms with van der Waals surface area (Å²) in [6.07, 6.45) is 10.1. The molecule has 1 rings (SSSR count). The topological polar surface area (TPSA) is 49.7 Å². The molecule has 0 radical (unpaired) electrons. The number of hydrogen-bond acceptors (Lipinski definition) is 3. The van der Waals surface area contributed by atoms with Crippen molar-refractivity contribution in [2.24, 2.45) is 5.18 Å². The molecule has 1 N–H and O–H groups in total. The molecule has 0 amide bonds. The van der Waals surface area contributed by atoms with Gasteiger partial charge < -0.3 is 5.11 Å². The molecular weight excluding hydrogens is 238 g/mol. The summed E-state index contributed by atoms with van der Waals surface area (Å²) in [7, 11) is 0. The van der Waals surface area contributed by atoms with Crippen molar-refractivity contribution in [1.82, 2.24) is 0 Å². The van der Waals surface area contributed by atoms with Crippen molar-refractivity contribution in [3.63, 3.8) is 0 Å². The summed E-state index contributed by atoms with van der Waals surface area (Å²) >= 11 is 0. The number of aryl methyl sites for hydroxylation is 1. The number of nitroso groups, excluding NO2 is 1. The number of phenolic OH excluding ortho intramolecular Hbond substituents is 1. The Kier molecular flexibility index (Phi) is 7.87. The van der Waals surface area contributed by atoms with Gasteiger partial charge in [-0.1, -0.05) is 62.8 Å². The molecule has 0 unspecified atom stereocenters. The lowest BCUT2D eigenvalue weighted by molar-refractivity contribution is 0.468. The molecular formula is C16H25NO2. The number of benzene rings is 1. The van der Waals surface area contributed by atoms with Crippen LogP contribution >= 0.6 is 0 Å². The number of nitrogens with zero attached hydrogens (tertiary/aromatic N) is 1. The van der Waals surface area contributed by atoms with E-state index in [9.17, 15) is 10.0 Å². The second kappa shape index (κ2) is 9.54. The Bertz CT molecular complexity index is 377. The van der Waals surface area contributed by atoms with E-state index in [0.29, 0.717) is 5.56 Å². The third-order valence-electron chi connectivity index (χ3n) is 3.45. The molecule has 0 atom stereocenters. The first kappa shape index (κ1) is 15.7. The van der Waals surface area contributed by atoms with E-state index in [2.05, 4.69) is 12.1 Å². The molecule has 0 saturated heterocycles. The van der Waals surface area contributed by atoms with Crippen molar-refractivity contribution in [2.75, 3.05) is 0 Å². The molecule has 0 aliphatic heterocycles. The highest BCUT2D eigenvalue weighted by Crippen LogP contribution is 2.20. The van der Waals surface area contributed by atoms with Crippen molar-refractivity contribution in [1.29, 1.82) is 0 Å². The number of phenols is 1. The van der Waals surface area contributed by atoms with Gasteiger partial charge in [-0.05, 0) is 24.5 Å². The zero-order valence-corrected chi connectivity index (χ0v) is 11.9. The van der Waals surface area contributed by atoms with Gasteiger partial charge in [0.05, 0.1) is 0 Å². The van der Waals surface area contributed by atoms with Crippen LogP contribution in [-0.2, 0) is 13.0 Å². The van der Waals surface area contributed by atoms with Crippen molar-refractivity contribution in [3.8, 4) is 5.75 Å². The van der Waals surface area contributed by atoms with E-state index in [-0.39, 0.29) is 12.3 Å². The lowest BCUT2D eigenvalue weighted by atomic mass is 10.0. The number of aromatic hydroxyl groups is 1. The molecule has 19 heavy (non-hydrogen) atoms. The highest BCUT2D eigenvalue weighted by atomic mass is 16.3. The summed E-state index contributed by atoms with van der Waals surface area (Å²) in [6.45, 7) is 2.29. The third kappa shape index (κ3) is 6.37. The molecule has 3 heteroatoms. The number of hydrogen-bond donors (Lipinski definition) is 1. The zero-order valence-electron chi connectivity index (χ0n) is 11.9. The second-order valence-corrected chi connectivity index (χ2v) is 5.12. The van der Waals surface area contributed by atoms with Gasteiger partial charge in [0.25, 0.3) is 0 Å². The summed E-state index contributed by atoms with van der Waals surface area (Å²) in [5.41, 5.74) is 1.82. The van der Waals surface area contributed by atoms with E-state index in [1.165, 1.54) is 50.5 Å². The minimum absolute atomic E-state index is 0.0523. The van der Waals surface area contributed by atoms with E-state index < -0.39 is 0 Å². The molecule has 3 nitrogen and oxygen atoms in total. The fourth-order valence-corrected chi connectivity index (χ4v) is 2.28. The van der Waals surface area contributed by atoms with Gasteiger partial charge in [-0.25, -0.2) is 0 Å². The van der Waals surface area contributed by atoms with E-state index in [4.69, 9.17) is 0 Å². The Morgan fingerprint density at radius 1 is 1.05 bits per heavy atom. The average Bonchev–Trinajstić information content (AvgIpc) is 2.41. The van der Waals surface area contributed by atoms with Gasteiger partial charge in [0.2, 0.25) is 0 Å².